The van der Waals surface area contributed by atoms with Crippen LogP contribution in [0.4, 0.5) is 0 Å². The van der Waals surface area contributed by atoms with Crippen LogP contribution in [0.3, 0.4) is 0 Å². The normalized spacial score (nSPS) is 23.5. The van der Waals surface area contributed by atoms with E-state index in [1.807, 2.05) is 13.8 Å². The van der Waals surface area contributed by atoms with Gasteiger partial charge in [0.2, 0.25) is 5.60 Å². The molecule has 0 saturated carbocycles. The van der Waals surface area contributed by atoms with Gasteiger partial charge in [0.1, 0.15) is 0 Å². The van der Waals surface area contributed by atoms with Gasteiger partial charge in [-0.15, -0.1) is 0 Å². The van der Waals surface area contributed by atoms with Gasteiger partial charge in [-0.3, -0.25) is 9.59 Å². The number of amides is 2. The molecule has 1 saturated heterocycles. The first-order valence-electron chi connectivity index (χ1n) is 9.51. The van der Waals surface area contributed by atoms with Crippen LogP contribution < -0.4 is 5.73 Å². The van der Waals surface area contributed by atoms with Gasteiger partial charge in [-0.25, -0.2) is 9.67 Å². The number of likely N-dealkylation sites (N-methyl/N-ethyl adjacent to an activating group) is 1. The van der Waals surface area contributed by atoms with E-state index < -0.39 is 17.4 Å². The Balaban J connectivity index is 1.76. The van der Waals surface area contributed by atoms with E-state index >= 15 is 0 Å². The summed E-state index contributed by atoms with van der Waals surface area (Å²) in [6, 6.07) is 10.4. The largest absolute Gasteiger partial charge is 0.369 e. The number of fused-ring (bicyclic) bond motifs is 1. The number of carbonyl (C=O) groups excluding carboxylic acids is 2. The zero-order valence-corrected chi connectivity index (χ0v) is 16.8. The number of likely N-dealkylation sites (tertiary alicyclic amines) is 1. The van der Waals surface area contributed by atoms with Crippen LogP contribution >= 0.6 is 0 Å². The molecule has 3 atom stereocenters. The predicted molar refractivity (Wildman–Crippen MR) is 111 cm³/mol. The van der Waals surface area contributed by atoms with E-state index in [4.69, 9.17) is 5.73 Å². The molecule has 1 fully saturated rings. The molecule has 30 heavy (non-hydrogen) atoms. The first-order chi connectivity index (χ1) is 14.2. The van der Waals surface area contributed by atoms with E-state index in [1.165, 1.54) is 9.58 Å². The van der Waals surface area contributed by atoms with E-state index in [0.717, 1.165) is 0 Å². The van der Waals surface area contributed by atoms with E-state index in [0.29, 0.717) is 22.3 Å². The summed E-state index contributed by atoms with van der Waals surface area (Å²) in [5, 5.41) is 15.7. The average molecular weight is 403 g/mol. The highest BCUT2D eigenvalue weighted by Crippen LogP contribution is 2.33. The third kappa shape index (κ3) is 2.91. The second-order valence-electron chi connectivity index (χ2n) is 7.51. The zero-order chi connectivity index (χ0) is 21.6. The minimum Gasteiger partial charge on any atom is -0.369 e. The van der Waals surface area contributed by atoms with Crippen LogP contribution in [0.25, 0.3) is 16.7 Å². The number of benzene rings is 1. The van der Waals surface area contributed by atoms with Gasteiger partial charge in [-0.05, 0) is 37.3 Å². The number of hydrogen-bond acceptors (Lipinski definition) is 5. The van der Waals surface area contributed by atoms with Gasteiger partial charge >= 0.3 is 0 Å². The topological polar surface area (TPSA) is 114 Å². The molecule has 0 spiro atoms. The van der Waals surface area contributed by atoms with Gasteiger partial charge in [0.15, 0.2) is 11.3 Å². The average Bonchev–Trinajstić information content (AvgIpc) is 3.21. The number of nitrogens with two attached hydrogens (primary N) is 1. The number of nitrogens with zero attached hydrogens (tertiary/aromatic N) is 4. The molecule has 0 radical (unpaired) electrons. The Kier molecular flexibility index (Phi) is 4.56. The Morgan fingerprint density at radius 1 is 1.27 bits per heavy atom. The van der Waals surface area contributed by atoms with Crippen LogP contribution in [0.2, 0.25) is 0 Å². The summed E-state index contributed by atoms with van der Waals surface area (Å²) < 4.78 is 1.52. The van der Waals surface area contributed by atoms with Gasteiger partial charge in [0.05, 0.1) is 11.1 Å². The molecule has 8 nitrogen and oxygen atoms in total. The first-order valence-corrected chi connectivity index (χ1v) is 9.51. The van der Waals surface area contributed by atoms with Gasteiger partial charge < -0.3 is 15.7 Å². The van der Waals surface area contributed by atoms with Gasteiger partial charge in [0, 0.05) is 30.8 Å². The molecule has 3 N–H and O–H groups in total. The Morgan fingerprint density at radius 3 is 2.70 bits per heavy atom. The summed E-state index contributed by atoms with van der Waals surface area (Å²) in [7, 11) is 1.66. The summed E-state index contributed by atoms with van der Waals surface area (Å²) in [6.07, 6.45) is 1.61. The van der Waals surface area contributed by atoms with Crippen molar-refractivity contribution < 1.29 is 14.7 Å². The van der Waals surface area contributed by atoms with Crippen molar-refractivity contribution >= 4 is 22.8 Å². The van der Waals surface area contributed by atoms with Crippen LogP contribution in [0.1, 0.15) is 29.9 Å². The van der Waals surface area contributed by atoms with Crippen molar-refractivity contribution in [2.24, 2.45) is 11.7 Å². The van der Waals surface area contributed by atoms with E-state index in [1.54, 1.807) is 49.6 Å². The van der Waals surface area contributed by atoms with Gasteiger partial charge in [-0.2, -0.15) is 5.10 Å². The van der Waals surface area contributed by atoms with Crippen LogP contribution in [-0.4, -0.2) is 55.3 Å². The molecule has 8 heteroatoms. The quantitative estimate of drug-likeness (QED) is 0.622. The molecule has 0 unspecified atom stereocenters. The fourth-order valence-corrected chi connectivity index (χ4v) is 3.70. The molecule has 1 aliphatic rings. The van der Waals surface area contributed by atoms with E-state index in [-0.39, 0.29) is 17.7 Å². The number of aromatic nitrogens is 3. The molecule has 1 aromatic carbocycles. The maximum atomic E-state index is 12.5. The SMILES string of the molecule is C[C@@H]1[C@H](C)N(C)C(=O)[C@@]1(O)C#Cc1cccc(-n2nc(C(N)=O)c3cccnc32)c1. The van der Waals surface area contributed by atoms with Crippen molar-refractivity contribution in [3.63, 3.8) is 0 Å². The smallest absolute Gasteiger partial charge is 0.269 e. The lowest BCUT2D eigenvalue weighted by Crippen LogP contribution is -2.40. The molecular formula is C22H21N5O3. The van der Waals surface area contributed by atoms with Gasteiger partial charge in [-0.1, -0.05) is 24.8 Å². The van der Waals surface area contributed by atoms with Crippen LogP contribution in [0.15, 0.2) is 42.6 Å². The van der Waals surface area contributed by atoms with Gasteiger partial charge in [0.25, 0.3) is 11.8 Å². The second kappa shape index (κ2) is 6.97. The number of carbonyl (C=O) groups is 2. The lowest BCUT2D eigenvalue weighted by Gasteiger charge is -2.19. The maximum absolute atomic E-state index is 12.5. The fourth-order valence-electron chi connectivity index (χ4n) is 3.70. The van der Waals surface area contributed by atoms with E-state index in [9.17, 15) is 14.7 Å². The molecule has 2 aromatic heterocycles. The zero-order valence-electron chi connectivity index (χ0n) is 16.8. The molecule has 4 rings (SSSR count). The monoisotopic (exact) mass is 403 g/mol. The summed E-state index contributed by atoms with van der Waals surface area (Å²) in [6.45, 7) is 3.69. The summed E-state index contributed by atoms with van der Waals surface area (Å²) >= 11 is 0. The highest BCUT2D eigenvalue weighted by Gasteiger charge is 2.52. The first kappa shape index (κ1) is 19.6. The number of hydrogen-bond donors (Lipinski definition) is 2. The van der Waals surface area contributed by atoms with Crippen molar-refractivity contribution in [1.29, 1.82) is 0 Å². The Morgan fingerprint density at radius 2 is 2.03 bits per heavy atom. The van der Waals surface area contributed by atoms with Crippen molar-refractivity contribution in [3.8, 4) is 17.5 Å². The molecule has 3 aromatic rings. The molecule has 0 bridgehead atoms. The third-order valence-electron chi connectivity index (χ3n) is 5.80. The van der Waals surface area contributed by atoms with Crippen molar-refractivity contribution in [1.82, 2.24) is 19.7 Å². The Bertz CT molecular complexity index is 1240. The third-order valence-corrected chi connectivity index (χ3v) is 5.80. The fraction of sp³-hybridized carbons (Fsp3) is 0.273. The van der Waals surface area contributed by atoms with Crippen molar-refractivity contribution in [2.45, 2.75) is 25.5 Å². The Hall–Kier alpha value is -3.70. The maximum Gasteiger partial charge on any atom is 0.269 e. The molecule has 2 amide bonds. The van der Waals surface area contributed by atoms with E-state index in [2.05, 4.69) is 21.9 Å². The number of aliphatic hydroxyl groups is 1. The number of rotatable bonds is 2. The molecule has 3 heterocycles. The minimum absolute atomic E-state index is 0.114. The van der Waals surface area contributed by atoms with Crippen molar-refractivity contribution in [2.75, 3.05) is 7.05 Å². The standard InChI is InChI=1S/C22H21N5O3/c1-13-14(2)26(3)21(29)22(13,30)10-9-15-6-4-7-16(12-15)27-20-17(8-5-11-24-20)18(25-27)19(23)28/h4-8,11-14,30H,1-3H3,(H2,23,28)/t13-,14+,22-/m1/s1. The molecular weight excluding hydrogens is 382 g/mol. The van der Waals surface area contributed by atoms with Crippen LogP contribution in [0.5, 0.6) is 0 Å². The highest BCUT2D eigenvalue weighted by molar-refractivity contribution is 6.03. The number of pyridine rings is 1. The summed E-state index contributed by atoms with van der Waals surface area (Å²) in [5.74, 6) is 4.31. The summed E-state index contributed by atoms with van der Waals surface area (Å²) in [5.41, 5.74) is 5.55. The summed E-state index contributed by atoms with van der Waals surface area (Å²) in [4.78, 5) is 30.1. The second-order valence-corrected chi connectivity index (χ2v) is 7.51. The lowest BCUT2D eigenvalue weighted by molar-refractivity contribution is -0.139. The highest BCUT2D eigenvalue weighted by atomic mass is 16.3. The van der Waals surface area contributed by atoms with Crippen LogP contribution in [-0.2, 0) is 4.79 Å². The Labute approximate surface area is 173 Å². The minimum atomic E-state index is -1.73. The van der Waals surface area contributed by atoms with Crippen molar-refractivity contribution in [3.05, 3.63) is 53.9 Å². The number of primary amides is 1. The molecule has 1 aliphatic heterocycles. The predicted octanol–water partition coefficient (Wildman–Crippen LogP) is 1.10. The van der Waals surface area contributed by atoms with Crippen LogP contribution in [0, 0.1) is 17.8 Å². The lowest BCUT2D eigenvalue weighted by atomic mass is 9.88. The molecule has 152 valence electrons. The molecule has 0 aliphatic carbocycles.